The molecule has 0 unspecified atom stereocenters. The van der Waals surface area contributed by atoms with Gasteiger partial charge < -0.3 is 4.57 Å². The number of likely N-dealkylation sites (tertiary alicyclic amines) is 1. The smallest absolute Gasteiger partial charge is 0.250 e. The molecule has 1 aromatic carbocycles. The van der Waals surface area contributed by atoms with Crippen LogP contribution in [0.3, 0.4) is 0 Å². The van der Waals surface area contributed by atoms with Gasteiger partial charge in [0.25, 0.3) is 5.56 Å². The molecule has 0 saturated carbocycles. The summed E-state index contributed by atoms with van der Waals surface area (Å²) in [6.45, 7) is 3.17. The molecule has 27 heavy (non-hydrogen) atoms. The molecule has 2 bridgehead atoms. The molecule has 1 fully saturated rings. The summed E-state index contributed by atoms with van der Waals surface area (Å²) in [4.78, 5) is 14.5. The standard InChI is InChI=1S/C19H19FN6O/c20-15-4-6-16(7-5-15)26-18(21-22-23-26)12-24-9-13-8-14(11-24)17-2-1-3-19(27)25(17)10-13/h1-7,13-14H,8-12H2/t13-,14-/m0/s1. The number of hydrogen-bond donors (Lipinski definition) is 0. The van der Waals surface area contributed by atoms with Gasteiger partial charge in [0.2, 0.25) is 0 Å². The molecule has 8 heteroatoms. The number of pyridine rings is 1. The average molecular weight is 366 g/mol. The maximum absolute atomic E-state index is 13.2. The predicted molar refractivity (Wildman–Crippen MR) is 95.9 cm³/mol. The lowest BCUT2D eigenvalue weighted by molar-refractivity contribution is 0.111. The van der Waals surface area contributed by atoms with Gasteiger partial charge in [0.15, 0.2) is 5.82 Å². The molecular weight excluding hydrogens is 347 g/mol. The van der Waals surface area contributed by atoms with E-state index in [0.717, 1.165) is 43.3 Å². The van der Waals surface area contributed by atoms with E-state index in [9.17, 15) is 9.18 Å². The summed E-state index contributed by atoms with van der Waals surface area (Å²) in [5.41, 5.74) is 1.96. The van der Waals surface area contributed by atoms with Crippen LogP contribution in [0.25, 0.3) is 5.69 Å². The highest BCUT2D eigenvalue weighted by atomic mass is 19.1. The van der Waals surface area contributed by atoms with Crippen LogP contribution >= 0.6 is 0 Å². The van der Waals surface area contributed by atoms with E-state index in [0.29, 0.717) is 18.4 Å². The molecule has 4 heterocycles. The van der Waals surface area contributed by atoms with E-state index >= 15 is 0 Å². The Balaban J connectivity index is 1.39. The van der Waals surface area contributed by atoms with E-state index in [1.54, 1.807) is 22.9 Å². The Morgan fingerprint density at radius 1 is 1.07 bits per heavy atom. The minimum absolute atomic E-state index is 0.0934. The second-order valence-electron chi connectivity index (χ2n) is 7.38. The number of hydrogen-bond acceptors (Lipinski definition) is 5. The molecule has 7 nitrogen and oxygen atoms in total. The van der Waals surface area contributed by atoms with Crippen molar-refractivity contribution in [3.8, 4) is 5.69 Å². The maximum atomic E-state index is 13.2. The van der Waals surface area contributed by atoms with Gasteiger partial charge in [-0.3, -0.25) is 9.69 Å². The van der Waals surface area contributed by atoms with Crippen LogP contribution in [0.2, 0.25) is 0 Å². The second-order valence-corrected chi connectivity index (χ2v) is 7.38. The van der Waals surface area contributed by atoms with Crippen LogP contribution in [0.4, 0.5) is 4.39 Å². The fourth-order valence-corrected chi connectivity index (χ4v) is 4.41. The van der Waals surface area contributed by atoms with Gasteiger partial charge in [0, 0.05) is 37.3 Å². The Bertz CT molecular complexity index is 1030. The van der Waals surface area contributed by atoms with Crippen molar-refractivity contribution in [2.45, 2.75) is 25.4 Å². The quantitative estimate of drug-likeness (QED) is 0.704. The van der Waals surface area contributed by atoms with E-state index in [1.807, 2.05) is 10.6 Å². The summed E-state index contributed by atoms with van der Waals surface area (Å²) in [7, 11) is 0. The predicted octanol–water partition coefficient (Wildman–Crippen LogP) is 1.58. The molecule has 5 rings (SSSR count). The monoisotopic (exact) mass is 366 g/mol. The Kier molecular flexibility index (Phi) is 3.86. The van der Waals surface area contributed by atoms with Gasteiger partial charge in [0.05, 0.1) is 12.2 Å². The third-order valence-electron chi connectivity index (χ3n) is 5.53. The number of fused-ring (bicyclic) bond motifs is 4. The fraction of sp³-hybridized carbons (Fsp3) is 0.368. The number of halogens is 1. The van der Waals surface area contributed by atoms with Crippen LogP contribution in [-0.2, 0) is 13.1 Å². The molecule has 3 aromatic rings. The molecule has 1 saturated heterocycles. The van der Waals surface area contributed by atoms with Gasteiger partial charge in [-0.25, -0.2) is 4.39 Å². The maximum Gasteiger partial charge on any atom is 0.250 e. The van der Waals surface area contributed by atoms with E-state index in [2.05, 4.69) is 26.5 Å². The van der Waals surface area contributed by atoms with Crippen molar-refractivity contribution in [1.82, 2.24) is 29.7 Å². The number of benzene rings is 1. The van der Waals surface area contributed by atoms with E-state index in [-0.39, 0.29) is 11.4 Å². The Morgan fingerprint density at radius 2 is 1.93 bits per heavy atom. The van der Waals surface area contributed by atoms with E-state index in [1.165, 1.54) is 12.1 Å². The third kappa shape index (κ3) is 2.95. The SMILES string of the molecule is O=c1cccc2n1C[C@H]1C[C@H]2CN(Cc2nnnn2-c2ccc(F)cc2)C1. The summed E-state index contributed by atoms with van der Waals surface area (Å²) >= 11 is 0. The van der Waals surface area contributed by atoms with Crippen LogP contribution in [0.5, 0.6) is 0 Å². The zero-order valence-corrected chi connectivity index (χ0v) is 14.7. The minimum Gasteiger partial charge on any atom is -0.312 e. The number of aromatic nitrogens is 5. The lowest BCUT2D eigenvalue weighted by atomic mass is 9.83. The number of piperidine rings is 1. The van der Waals surface area contributed by atoms with Crippen LogP contribution in [0.1, 0.15) is 23.9 Å². The van der Waals surface area contributed by atoms with Crippen molar-refractivity contribution in [3.63, 3.8) is 0 Å². The van der Waals surface area contributed by atoms with Crippen molar-refractivity contribution in [2.24, 2.45) is 5.92 Å². The van der Waals surface area contributed by atoms with Crippen LogP contribution in [0, 0.1) is 11.7 Å². The summed E-state index contributed by atoms with van der Waals surface area (Å²) in [5, 5.41) is 12.0. The first kappa shape index (κ1) is 16.3. The van der Waals surface area contributed by atoms with Gasteiger partial charge in [-0.05, 0) is 53.1 Å². The normalized spacial score (nSPS) is 21.8. The first-order chi connectivity index (χ1) is 13.2. The van der Waals surface area contributed by atoms with Crippen LogP contribution in [-0.4, -0.2) is 42.8 Å². The topological polar surface area (TPSA) is 68.8 Å². The molecule has 0 radical (unpaired) electrons. The molecule has 0 spiro atoms. The van der Waals surface area contributed by atoms with Crippen molar-refractivity contribution >= 4 is 0 Å². The fourth-order valence-electron chi connectivity index (χ4n) is 4.41. The number of rotatable bonds is 3. The molecule has 0 amide bonds. The van der Waals surface area contributed by atoms with E-state index < -0.39 is 0 Å². The summed E-state index contributed by atoms with van der Waals surface area (Å²) in [6.07, 6.45) is 1.11. The van der Waals surface area contributed by atoms with E-state index in [4.69, 9.17) is 0 Å². The van der Waals surface area contributed by atoms with Crippen molar-refractivity contribution in [3.05, 3.63) is 70.2 Å². The number of tetrazole rings is 1. The summed E-state index contributed by atoms with van der Waals surface area (Å²) < 4.78 is 16.8. The molecule has 138 valence electrons. The molecule has 2 aromatic heterocycles. The van der Waals surface area contributed by atoms with Gasteiger partial charge >= 0.3 is 0 Å². The summed E-state index contributed by atoms with van der Waals surface area (Å²) in [5.74, 6) is 1.24. The largest absolute Gasteiger partial charge is 0.312 e. The Hall–Kier alpha value is -2.87. The van der Waals surface area contributed by atoms with Crippen molar-refractivity contribution in [1.29, 1.82) is 0 Å². The Labute approximate surface area is 155 Å². The zero-order chi connectivity index (χ0) is 18.4. The minimum atomic E-state index is -0.286. The third-order valence-corrected chi connectivity index (χ3v) is 5.53. The van der Waals surface area contributed by atoms with Crippen molar-refractivity contribution < 1.29 is 4.39 Å². The highest BCUT2D eigenvalue weighted by molar-refractivity contribution is 5.31. The van der Waals surface area contributed by atoms with Gasteiger partial charge in [-0.15, -0.1) is 5.10 Å². The molecule has 2 aliphatic rings. The molecule has 2 aliphatic heterocycles. The van der Waals surface area contributed by atoms with Gasteiger partial charge in [-0.1, -0.05) is 6.07 Å². The zero-order valence-electron chi connectivity index (χ0n) is 14.7. The highest BCUT2D eigenvalue weighted by Gasteiger charge is 2.34. The molecule has 2 atom stereocenters. The molecule has 0 N–H and O–H groups in total. The lowest BCUT2D eigenvalue weighted by Gasteiger charge is -2.42. The Morgan fingerprint density at radius 3 is 2.78 bits per heavy atom. The first-order valence-electron chi connectivity index (χ1n) is 9.12. The molecular formula is C19H19FN6O. The number of nitrogens with zero attached hydrogens (tertiary/aromatic N) is 6. The highest BCUT2D eigenvalue weighted by Crippen LogP contribution is 2.35. The van der Waals surface area contributed by atoms with Crippen LogP contribution < -0.4 is 5.56 Å². The average Bonchev–Trinajstić information content (AvgIpc) is 3.11. The second kappa shape index (κ2) is 6.38. The van der Waals surface area contributed by atoms with Gasteiger partial charge in [-0.2, -0.15) is 4.68 Å². The van der Waals surface area contributed by atoms with Crippen LogP contribution in [0.15, 0.2) is 47.3 Å². The molecule has 0 aliphatic carbocycles. The van der Waals surface area contributed by atoms with Gasteiger partial charge in [0.1, 0.15) is 5.82 Å². The first-order valence-corrected chi connectivity index (χ1v) is 9.12. The summed E-state index contributed by atoms with van der Waals surface area (Å²) in [6, 6.07) is 11.7. The van der Waals surface area contributed by atoms with Crippen molar-refractivity contribution in [2.75, 3.05) is 13.1 Å². The lowest BCUT2D eigenvalue weighted by Crippen LogP contribution is -2.46.